The van der Waals surface area contributed by atoms with Crippen LogP contribution in [0, 0.1) is 0 Å². The predicted octanol–water partition coefficient (Wildman–Crippen LogP) is 3.31. The zero-order valence-corrected chi connectivity index (χ0v) is 13.2. The van der Waals surface area contributed by atoms with Gasteiger partial charge in [-0.1, -0.05) is 19.3 Å². The summed E-state index contributed by atoms with van der Waals surface area (Å²) in [7, 11) is 0. The van der Waals surface area contributed by atoms with E-state index in [9.17, 15) is 4.79 Å². The van der Waals surface area contributed by atoms with Gasteiger partial charge in [0.05, 0.1) is 6.10 Å². The highest BCUT2D eigenvalue weighted by atomic mass is 79.9. The molecule has 1 aromatic rings. The van der Waals surface area contributed by atoms with Gasteiger partial charge in [0.25, 0.3) is 5.91 Å². The molecule has 1 amide bonds. The van der Waals surface area contributed by atoms with E-state index in [4.69, 9.17) is 4.74 Å². The molecule has 4 nitrogen and oxygen atoms in total. The van der Waals surface area contributed by atoms with Gasteiger partial charge in [0.1, 0.15) is 5.69 Å². The molecule has 1 fully saturated rings. The second-order valence-corrected chi connectivity index (χ2v) is 6.02. The van der Waals surface area contributed by atoms with Crippen LogP contribution in [0.4, 0.5) is 0 Å². The van der Waals surface area contributed by atoms with E-state index >= 15 is 0 Å². The lowest BCUT2D eigenvalue weighted by molar-refractivity contribution is 0.0273. The fourth-order valence-electron chi connectivity index (χ4n) is 2.36. The van der Waals surface area contributed by atoms with Crippen LogP contribution in [-0.2, 0) is 4.74 Å². The minimum Gasteiger partial charge on any atom is -0.378 e. The molecule has 2 rings (SSSR count). The van der Waals surface area contributed by atoms with Gasteiger partial charge in [-0.25, -0.2) is 4.98 Å². The summed E-state index contributed by atoms with van der Waals surface area (Å²) >= 11 is 3.29. The summed E-state index contributed by atoms with van der Waals surface area (Å²) in [5.74, 6) is -0.129. The molecule has 0 atom stereocenters. The summed E-state index contributed by atoms with van der Waals surface area (Å²) in [5, 5.41) is 2.86. The van der Waals surface area contributed by atoms with E-state index in [0.717, 1.165) is 17.5 Å². The Labute approximate surface area is 128 Å². The summed E-state index contributed by atoms with van der Waals surface area (Å²) in [6, 6.07) is 3.52. The molecule has 0 radical (unpaired) electrons. The Hall–Kier alpha value is -0.940. The van der Waals surface area contributed by atoms with Gasteiger partial charge in [0.15, 0.2) is 0 Å². The van der Waals surface area contributed by atoms with Crippen molar-refractivity contribution in [3.05, 3.63) is 28.5 Å². The predicted molar refractivity (Wildman–Crippen MR) is 81.7 cm³/mol. The lowest BCUT2D eigenvalue weighted by Gasteiger charge is -2.21. The smallest absolute Gasteiger partial charge is 0.269 e. The van der Waals surface area contributed by atoms with Crippen LogP contribution >= 0.6 is 15.9 Å². The van der Waals surface area contributed by atoms with Crippen LogP contribution in [0.3, 0.4) is 0 Å². The SMILES string of the molecule is O=C(NCCCOC1CCCCC1)c1ccc(Br)cn1. The van der Waals surface area contributed by atoms with Gasteiger partial charge in [0.2, 0.25) is 0 Å². The van der Waals surface area contributed by atoms with Crippen molar-refractivity contribution in [2.24, 2.45) is 0 Å². The quantitative estimate of drug-likeness (QED) is 0.808. The maximum absolute atomic E-state index is 11.8. The number of ether oxygens (including phenoxy) is 1. The molecular weight excluding hydrogens is 320 g/mol. The Bertz CT molecular complexity index is 416. The standard InChI is InChI=1S/C15H21BrN2O2/c16-12-7-8-14(18-11-12)15(19)17-9-4-10-20-13-5-2-1-3-6-13/h7-8,11,13H,1-6,9-10H2,(H,17,19). The fourth-order valence-corrected chi connectivity index (χ4v) is 2.59. The summed E-state index contributed by atoms with van der Waals surface area (Å²) < 4.78 is 6.68. The number of carbonyl (C=O) groups is 1. The Kier molecular flexibility index (Phi) is 6.47. The van der Waals surface area contributed by atoms with Crippen LogP contribution in [0.5, 0.6) is 0 Å². The van der Waals surface area contributed by atoms with Crippen molar-refractivity contribution in [1.82, 2.24) is 10.3 Å². The van der Waals surface area contributed by atoms with Crippen molar-refractivity contribution in [3.63, 3.8) is 0 Å². The first-order valence-electron chi connectivity index (χ1n) is 7.27. The number of pyridine rings is 1. The highest BCUT2D eigenvalue weighted by Crippen LogP contribution is 2.20. The Morgan fingerprint density at radius 2 is 2.15 bits per heavy atom. The van der Waals surface area contributed by atoms with Crippen LogP contribution in [0.25, 0.3) is 0 Å². The maximum atomic E-state index is 11.8. The lowest BCUT2D eigenvalue weighted by Crippen LogP contribution is -2.26. The first kappa shape index (κ1) is 15.4. The number of amides is 1. The van der Waals surface area contributed by atoms with Gasteiger partial charge >= 0.3 is 0 Å². The van der Waals surface area contributed by atoms with Gasteiger partial charge < -0.3 is 10.1 Å². The molecule has 0 aromatic carbocycles. The number of nitrogens with one attached hydrogen (secondary N) is 1. The van der Waals surface area contributed by atoms with Crippen LogP contribution < -0.4 is 5.32 Å². The molecule has 1 heterocycles. The third-order valence-corrected chi connectivity index (χ3v) is 3.94. The highest BCUT2D eigenvalue weighted by Gasteiger charge is 2.13. The Morgan fingerprint density at radius 1 is 1.35 bits per heavy atom. The van der Waals surface area contributed by atoms with Crippen LogP contribution in [0.2, 0.25) is 0 Å². The van der Waals surface area contributed by atoms with E-state index in [0.29, 0.717) is 18.3 Å². The average Bonchev–Trinajstić information content (AvgIpc) is 2.48. The van der Waals surface area contributed by atoms with Gasteiger partial charge in [-0.2, -0.15) is 0 Å². The van der Waals surface area contributed by atoms with Gasteiger partial charge in [-0.15, -0.1) is 0 Å². The molecule has 0 saturated heterocycles. The van der Waals surface area contributed by atoms with Crippen molar-refractivity contribution >= 4 is 21.8 Å². The van der Waals surface area contributed by atoms with Crippen molar-refractivity contribution in [3.8, 4) is 0 Å². The summed E-state index contributed by atoms with van der Waals surface area (Å²) in [6.45, 7) is 1.35. The van der Waals surface area contributed by atoms with E-state index in [1.807, 2.05) is 6.07 Å². The molecule has 1 N–H and O–H groups in total. The topological polar surface area (TPSA) is 51.2 Å². The maximum Gasteiger partial charge on any atom is 0.269 e. The first-order chi connectivity index (χ1) is 9.75. The molecule has 0 spiro atoms. The average molecular weight is 341 g/mol. The molecule has 1 aliphatic carbocycles. The normalized spacial score (nSPS) is 16.1. The molecular formula is C15H21BrN2O2. The summed E-state index contributed by atoms with van der Waals surface area (Å²) in [4.78, 5) is 15.9. The molecule has 1 aromatic heterocycles. The van der Waals surface area contributed by atoms with Crippen LogP contribution in [0.1, 0.15) is 49.0 Å². The highest BCUT2D eigenvalue weighted by molar-refractivity contribution is 9.10. The van der Waals surface area contributed by atoms with E-state index in [1.54, 1.807) is 12.3 Å². The minimum atomic E-state index is -0.129. The molecule has 0 unspecified atom stereocenters. The number of carbonyl (C=O) groups excluding carboxylic acids is 1. The molecule has 0 aliphatic heterocycles. The monoisotopic (exact) mass is 340 g/mol. The zero-order valence-electron chi connectivity index (χ0n) is 11.6. The van der Waals surface area contributed by atoms with E-state index in [1.165, 1.54) is 32.1 Å². The first-order valence-corrected chi connectivity index (χ1v) is 8.06. The van der Waals surface area contributed by atoms with Crippen molar-refractivity contribution in [2.75, 3.05) is 13.2 Å². The van der Waals surface area contributed by atoms with Crippen molar-refractivity contribution in [1.29, 1.82) is 0 Å². The van der Waals surface area contributed by atoms with E-state index in [-0.39, 0.29) is 5.91 Å². The largest absolute Gasteiger partial charge is 0.378 e. The molecule has 0 bridgehead atoms. The van der Waals surface area contributed by atoms with Crippen molar-refractivity contribution in [2.45, 2.75) is 44.6 Å². The van der Waals surface area contributed by atoms with E-state index in [2.05, 4.69) is 26.2 Å². The molecule has 5 heteroatoms. The third-order valence-electron chi connectivity index (χ3n) is 3.47. The number of rotatable bonds is 6. The van der Waals surface area contributed by atoms with Gasteiger partial charge in [-0.3, -0.25) is 4.79 Å². The van der Waals surface area contributed by atoms with Crippen LogP contribution in [-0.4, -0.2) is 30.1 Å². The second kappa shape index (κ2) is 8.37. The van der Waals surface area contributed by atoms with E-state index < -0.39 is 0 Å². The Morgan fingerprint density at radius 3 is 2.85 bits per heavy atom. The summed E-state index contributed by atoms with van der Waals surface area (Å²) in [5.41, 5.74) is 0.446. The number of hydrogen-bond acceptors (Lipinski definition) is 3. The minimum absolute atomic E-state index is 0.129. The fraction of sp³-hybridized carbons (Fsp3) is 0.600. The van der Waals surface area contributed by atoms with Gasteiger partial charge in [-0.05, 0) is 47.3 Å². The number of nitrogens with zero attached hydrogens (tertiary/aromatic N) is 1. The third kappa shape index (κ3) is 5.21. The second-order valence-electron chi connectivity index (χ2n) is 5.10. The lowest BCUT2D eigenvalue weighted by atomic mass is 9.98. The van der Waals surface area contributed by atoms with Crippen molar-refractivity contribution < 1.29 is 9.53 Å². The molecule has 20 heavy (non-hydrogen) atoms. The Balaban J connectivity index is 1.58. The molecule has 1 aliphatic rings. The number of halogens is 1. The zero-order chi connectivity index (χ0) is 14.2. The number of aromatic nitrogens is 1. The molecule has 110 valence electrons. The number of hydrogen-bond donors (Lipinski definition) is 1. The molecule has 1 saturated carbocycles. The summed E-state index contributed by atoms with van der Waals surface area (Å²) in [6.07, 6.45) is 9.21. The van der Waals surface area contributed by atoms with Gasteiger partial charge in [0, 0.05) is 23.8 Å². The van der Waals surface area contributed by atoms with Crippen LogP contribution in [0.15, 0.2) is 22.8 Å².